The van der Waals surface area contributed by atoms with Gasteiger partial charge >= 0.3 is 5.69 Å². The maximum absolute atomic E-state index is 11.3. The van der Waals surface area contributed by atoms with Crippen molar-refractivity contribution in [3.05, 3.63) is 33.3 Å². The first-order valence-electron chi connectivity index (χ1n) is 7.53. The van der Waals surface area contributed by atoms with Crippen LogP contribution in [-0.4, -0.2) is 50.9 Å². The van der Waals surface area contributed by atoms with Gasteiger partial charge in [0.1, 0.15) is 11.5 Å². The summed E-state index contributed by atoms with van der Waals surface area (Å²) in [5.74, 6) is 1.39. The number of rotatable bonds is 4. The van der Waals surface area contributed by atoms with Crippen LogP contribution in [-0.2, 0) is 13.6 Å². The van der Waals surface area contributed by atoms with E-state index in [4.69, 9.17) is 4.52 Å². The van der Waals surface area contributed by atoms with E-state index in [0.29, 0.717) is 11.5 Å². The topological polar surface area (TPSA) is 93.5 Å². The molecule has 2 aromatic rings. The molecular weight excluding hydrogens is 300 g/mol. The third-order valence-electron chi connectivity index (χ3n) is 4.08. The van der Waals surface area contributed by atoms with Crippen molar-refractivity contribution in [1.29, 1.82) is 0 Å². The molecule has 3 rings (SSSR count). The van der Waals surface area contributed by atoms with Crippen LogP contribution < -0.4 is 4.90 Å². The minimum atomic E-state index is -0.345. The molecule has 23 heavy (non-hydrogen) atoms. The van der Waals surface area contributed by atoms with Crippen LogP contribution >= 0.6 is 0 Å². The van der Waals surface area contributed by atoms with Crippen LogP contribution in [0.15, 0.2) is 10.6 Å². The number of nitrogens with zero attached hydrogens (tertiary/aromatic N) is 6. The third kappa shape index (κ3) is 3.04. The minimum Gasteiger partial charge on any atom is -0.361 e. The Bertz CT molecular complexity index is 714. The van der Waals surface area contributed by atoms with Crippen LogP contribution in [0.5, 0.6) is 0 Å². The van der Waals surface area contributed by atoms with Gasteiger partial charge in [0.15, 0.2) is 0 Å². The summed E-state index contributed by atoms with van der Waals surface area (Å²) in [7, 11) is 1.75. The van der Waals surface area contributed by atoms with E-state index in [1.54, 1.807) is 18.7 Å². The molecular formula is C14H20N6O3. The number of aryl methyl sites for hydroxylation is 3. The monoisotopic (exact) mass is 320 g/mol. The maximum atomic E-state index is 11.3. The highest BCUT2D eigenvalue weighted by atomic mass is 16.6. The fourth-order valence-electron chi connectivity index (χ4n) is 3.04. The van der Waals surface area contributed by atoms with Gasteiger partial charge in [-0.2, -0.15) is 5.10 Å². The van der Waals surface area contributed by atoms with E-state index >= 15 is 0 Å². The average molecular weight is 320 g/mol. The van der Waals surface area contributed by atoms with Crippen molar-refractivity contribution in [2.45, 2.75) is 20.4 Å². The number of hydrogen-bond donors (Lipinski definition) is 0. The van der Waals surface area contributed by atoms with Crippen molar-refractivity contribution in [2.75, 3.05) is 31.1 Å². The minimum absolute atomic E-state index is 0.105. The molecule has 9 nitrogen and oxygen atoms in total. The average Bonchev–Trinajstić information content (AvgIpc) is 3.02. The first kappa shape index (κ1) is 15.5. The van der Waals surface area contributed by atoms with E-state index in [2.05, 4.69) is 15.2 Å². The van der Waals surface area contributed by atoms with Gasteiger partial charge in [0.05, 0.1) is 10.6 Å². The van der Waals surface area contributed by atoms with Crippen molar-refractivity contribution >= 4 is 11.5 Å². The van der Waals surface area contributed by atoms with Gasteiger partial charge < -0.3 is 9.42 Å². The second-order valence-electron chi connectivity index (χ2n) is 5.83. The molecule has 0 bridgehead atoms. The van der Waals surface area contributed by atoms with Gasteiger partial charge in [-0.3, -0.25) is 15.0 Å². The van der Waals surface area contributed by atoms with Crippen molar-refractivity contribution < 1.29 is 9.45 Å². The second kappa shape index (κ2) is 5.99. The van der Waals surface area contributed by atoms with Gasteiger partial charge in [-0.05, 0) is 13.8 Å². The summed E-state index contributed by atoms with van der Waals surface area (Å²) in [6.07, 6.45) is 0. The Morgan fingerprint density at radius 2 is 2.00 bits per heavy atom. The molecule has 0 saturated carbocycles. The van der Waals surface area contributed by atoms with Gasteiger partial charge in [0.25, 0.3) is 0 Å². The van der Waals surface area contributed by atoms with E-state index in [-0.39, 0.29) is 10.6 Å². The summed E-state index contributed by atoms with van der Waals surface area (Å²) in [5.41, 5.74) is 1.47. The van der Waals surface area contributed by atoms with E-state index in [1.807, 2.05) is 17.9 Å². The molecule has 0 unspecified atom stereocenters. The van der Waals surface area contributed by atoms with Crippen LogP contribution in [0.4, 0.5) is 11.5 Å². The summed E-state index contributed by atoms with van der Waals surface area (Å²) in [4.78, 5) is 15.3. The number of anilines is 1. The zero-order chi connectivity index (χ0) is 16.6. The molecule has 3 heterocycles. The number of piperazine rings is 1. The molecule has 124 valence electrons. The zero-order valence-corrected chi connectivity index (χ0v) is 13.5. The fourth-order valence-corrected chi connectivity index (χ4v) is 3.04. The Balaban J connectivity index is 1.68. The van der Waals surface area contributed by atoms with Crippen molar-refractivity contribution in [1.82, 2.24) is 19.8 Å². The predicted molar refractivity (Wildman–Crippen MR) is 83.3 cm³/mol. The van der Waals surface area contributed by atoms with E-state index in [0.717, 1.165) is 44.2 Å². The molecule has 1 saturated heterocycles. The first-order chi connectivity index (χ1) is 11.0. The Kier molecular flexibility index (Phi) is 4.03. The Labute approximate surface area is 133 Å². The van der Waals surface area contributed by atoms with Crippen molar-refractivity contribution in [2.24, 2.45) is 7.05 Å². The predicted octanol–water partition coefficient (Wildman–Crippen LogP) is 1.26. The molecule has 2 aromatic heterocycles. The van der Waals surface area contributed by atoms with Crippen molar-refractivity contribution in [3.8, 4) is 0 Å². The highest BCUT2D eigenvalue weighted by Crippen LogP contribution is 2.31. The highest BCUT2D eigenvalue weighted by Gasteiger charge is 2.30. The molecule has 0 spiro atoms. The smallest absolute Gasteiger partial charge is 0.333 e. The van der Waals surface area contributed by atoms with Crippen LogP contribution in [0.2, 0.25) is 0 Å². The lowest BCUT2D eigenvalue weighted by atomic mass is 10.2. The third-order valence-corrected chi connectivity index (χ3v) is 4.08. The van der Waals surface area contributed by atoms with Crippen LogP contribution in [0.3, 0.4) is 0 Å². The lowest BCUT2D eigenvalue weighted by Gasteiger charge is -2.34. The summed E-state index contributed by atoms with van der Waals surface area (Å²) < 4.78 is 6.68. The number of hydrogen-bond acceptors (Lipinski definition) is 7. The zero-order valence-electron chi connectivity index (χ0n) is 13.5. The Morgan fingerprint density at radius 1 is 1.30 bits per heavy atom. The normalized spacial score (nSPS) is 16.0. The molecule has 1 fully saturated rings. The number of nitro groups is 1. The molecule has 0 radical (unpaired) electrons. The quantitative estimate of drug-likeness (QED) is 0.618. The first-order valence-corrected chi connectivity index (χ1v) is 7.53. The number of aromatic nitrogens is 3. The molecule has 0 atom stereocenters. The highest BCUT2D eigenvalue weighted by molar-refractivity contribution is 5.61. The lowest BCUT2D eigenvalue weighted by Crippen LogP contribution is -2.46. The molecule has 0 aliphatic carbocycles. The molecule has 9 heteroatoms. The standard InChI is InChI=1S/C14H20N6O3/c1-10-8-12(16-23-10)9-18-4-6-19(7-5-18)14-13(20(21)22)11(2)15-17(14)3/h8H,4-7,9H2,1-3H3. The Hall–Kier alpha value is -2.42. The maximum Gasteiger partial charge on any atom is 0.333 e. The summed E-state index contributed by atoms with van der Waals surface area (Å²) >= 11 is 0. The fraction of sp³-hybridized carbons (Fsp3) is 0.571. The molecule has 1 aliphatic rings. The lowest BCUT2D eigenvalue weighted by molar-refractivity contribution is -0.384. The Morgan fingerprint density at radius 3 is 2.57 bits per heavy atom. The van der Waals surface area contributed by atoms with Crippen LogP contribution in [0, 0.1) is 24.0 Å². The van der Waals surface area contributed by atoms with Gasteiger partial charge in [-0.15, -0.1) is 0 Å². The second-order valence-corrected chi connectivity index (χ2v) is 5.83. The van der Waals surface area contributed by atoms with Gasteiger partial charge in [-0.1, -0.05) is 5.16 Å². The molecule has 0 amide bonds. The van der Waals surface area contributed by atoms with Gasteiger partial charge in [0, 0.05) is 45.8 Å². The van der Waals surface area contributed by atoms with Crippen molar-refractivity contribution in [3.63, 3.8) is 0 Å². The molecule has 0 aromatic carbocycles. The summed E-state index contributed by atoms with van der Waals surface area (Å²) in [5, 5.41) is 19.5. The van der Waals surface area contributed by atoms with Crippen LogP contribution in [0.25, 0.3) is 0 Å². The van der Waals surface area contributed by atoms with Gasteiger partial charge in [-0.25, -0.2) is 4.68 Å². The van der Waals surface area contributed by atoms with E-state index in [9.17, 15) is 10.1 Å². The van der Waals surface area contributed by atoms with Gasteiger partial charge in [0.2, 0.25) is 5.82 Å². The SMILES string of the molecule is Cc1cc(CN2CCN(c3c([N+](=O)[O-])c(C)nn3C)CC2)no1. The molecule has 1 aliphatic heterocycles. The van der Waals surface area contributed by atoms with Crippen LogP contribution in [0.1, 0.15) is 17.1 Å². The van der Waals surface area contributed by atoms with E-state index < -0.39 is 0 Å². The summed E-state index contributed by atoms with van der Waals surface area (Å²) in [6.45, 7) is 7.34. The largest absolute Gasteiger partial charge is 0.361 e. The van der Waals surface area contributed by atoms with E-state index in [1.165, 1.54) is 0 Å². The molecule has 0 N–H and O–H groups in total. The summed E-state index contributed by atoms with van der Waals surface area (Å²) in [6, 6.07) is 1.93.